The lowest BCUT2D eigenvalue weighted by Gasteiger charge is -2.46. The van der Waals surface area contributed by atoms with Crippen molar-refractivity contribution < 1.29 is 14.4 Å². The van der Waals surface area contributed by atoms with Crippen molar-refractivity contribution in [2.45, 2.75) is 45.6 Å². The third-order valence-corrected chi connectivity index (χ3v) is 7.22. The highest BCUT2D eigenvalue weighted by Gasteiger charge is 2.44. The van der Waals surface area contributed by atoms with Crippen LogP contribution in [0.15, 0.2) is 24.4 Å². The SMILES string of the molecule is CCc1cc(NC(=O)C(=O)N2C[C@@H](C)CC[C@@]2(C)c2ccc(C(=O)NC)s2)cnc1N. The molecule has 0 saturated carbocycles. The summed E-state index contributed by atoms with van der Waals surface area (Å²) in [6.45, 7) is 6.44. The van der Waals surface area contributed by atoms with Gasteiger partial charge in [-0.05, 0) is 55.9 Å². The quantitative estimate of drug-likeness (QED) is 0.628. The maximum Gasteiger partial charge on any atom is 0.313 e. The molecule has 1 fully saturated rings. The van der Waals surface area contributed by atoms with Crippen molar-refractivity contribution in [1.29, 1.82) is 0 Å². The lowest BCUT2D eigenvalue weighted by molar-refractivity contribution is -0.150. The molecule has 3 amide bonds. The van der Waals surface area contributed by atoms with Gasteiger partial charge in [0.05, 0.1) is 22.3 Å². The van der Waals surface area contributed by atoms with Gasteiger partial charge in [0.1, 0.15) is 5.82 Å². The Morgan fingerprint density at radius 1 is 1.35 bits per heavy atom. The Morgan fingerprint density at radius 2 is 2.10 bits per heavy atom. The molecule has 1 saturated heterocycles. The summed E-state index contributed by atoms with van der Waals surface area (Å²) in [6, 6.07) is 5.37. The van der Waals surface area contributed by atoms with E-state index in [4.69, 9.17) is 5.73 Å². The molecule has 31 heavy (non-hydrogen) atoms. The molecule has 1 aliphatic heterocycles. The van der Waals surface area contributed by atoms with Crippen LogP contribution >= 0.6 is 11.3 Å². The van der Waals surface area contributed by atoms with Crippen LogP contribution in [-0.2, 0) is 21.5 Å². The third-order valence-electron chi connectivity index (χ3n) is 5.88. The predicted octanol–water partition coefficient (Wildman–Crippen LogP) is 2.76. The lowest BCUT2D eigenvalue weighted by Crippen LogP contribution is -2.55. The summed E-state index contributed by atoms with van der Waals surface area (Å²) < 4.78 is 0. The molecular weight excluding hydrogens is 414 g/mol. The van der Waals surface area contributed by atoms with Crippen LogP contribution in [0, 0.1) is 5.92 Å². The van der Waals surface area contributed by atoms with Crippen LogP contribution in [0.25, 0.3) is 0 Å². The Labute approximate surface area is 186 Å². The number of pyridine rings is 1. The van der Waals surface area contributed by atoms with Crippen LogP contribution in [0.2, 0.25) is 0 Å². The normalized spacial score (nSPS) is 20.9. The van der Waals surface area contributed by atoms with E-state index in [-0.39, 0.29) is 11.8 Å². The van der Waals surface area contributed by atoms with Gasteiger partial charge in [-0.1, -0.05) is 13.8 Å². The fourth-order valence-corrected chi connectivity index (χ4v) is 5.02. The predicted molar refractivity (Wildman–Crippen MR) is 122 cm³/mol. The van der Waals surface area contributed by atoms with Crippen molar-refractivity contribution in [3.05, 3.63) is 39.7 Å². The van der Waals surface area contributed by atoms with E-state index in [0.717, 1.165) is 16.9 Å². The summed E-state index contributed by atoms with van der Waals surface area (Å²) in [6.07, 6.45) is 3.76. The summed E-state index contributed by atoms with van der Waals surface area (Å²) >= 11 is 1.35. The molecule has 0 unspecified atom stereocenters. The monoisotopic (exact) mass is 443 g/mol. The number of likely N-dealkylation sites (tertiary alicyclic amines) is 1. The molecule has 2 aromatic heterocycles. The first kappa shape index (κ1) is 22.7. The van der Waals surface area contributed by atoms with Crippen molar-refractivity contribution in [2.24, 2.45) is 5.92 Å². The first-order valence-electron chi connectivity index (χ1n) is 10.4. The fourth-order valence-electron chi connectivity index (χ4n) is 3.88. The number of hydrogen-bond donors (Lipinski definition) is 3. The highest BCUT2D eigenvalue weighted by atomic mass is 32.1. The van der Waals surface area contributed by atoms with Crippen molar-refractivity contribution in [3.8, 4) is 0 Å². The van der Waals surface area contributed by atoms with Crippen molar-refractivity contribution in [3.63, 3.8) is 0 Å². The summed E-state index contributed by atoms with van der Waals surface area (Å²) in [5.41, 5.74) is 6.42. The maximum atomic E-state index is 13.2. The molecule has 4 N–H and O–H groups in total. The van der Waals surface area contributed by atoms with Gasteiger partial charge < -0.3 is 21.3 Å². The van der Waals surface area contributed by atoms with Gasteiger partial charge in [-0.15, -0.1) is 11.3 Å². The van der Waals surface area contributed by atoms with Crippen molar-refractivity contribution in [1.82, 2.24) is 15.2 Å². The second-order valence-electron chi connectivity index (χ2n) is 8.15. The zero-order valence-corrected chi connectivity index (χ0v) is 19.1. The van der Waals surface area contributed by atoms with Crippen LogP contribution in [0.5, 0.6) is 0 Å². The number of nitrogen functional groups attached to an aromatic ring is 1. The average molecular weight is 444 g/mol. The number of piperidine rings is 1. The van der Waals surface area contributed by atoms with E-state index in [1.54, 1.807) is 24.1 Å². The van der Waals surface area contributed by atoms with E-state index < -0.39 is 17.4 Å². The molecule has 3 heterocycles. The topological polar surface area (TPSA) is 117 Å². The molecular formula is C22H29N5O3S. The molecule has 1 aliphatic rings. The van der Waals surface area contributed by atoms with Crippen molar-refractivity contribution >= 4 is 40.6 Å². The van der Waals surface area contributed by atoms with Crippen LogP contribution < -0.4 is 16.4 Å². The molecule has 0 bridgehead atoms. The van der Waals surface area contributed by atoms with Crippen LogP contribution in [-0.4, -0.2) is 41.2 Å². The first-order valence-corrected chi connectivity index (χ1v) is 11.2. The largest absolute Gasteiger partial charge is 0.383 e. The second-order valence-corrected chi connectivity index (χ2v) is 9.24. The Bertz CT molecular complexity index is 1000. The van der Waals surface area contributed by atoms with E-state index in [1.807, 2.05) is 19.9 Å². The zero-order valence-electron chi connectivity index (χ0n) is 18.3. The van der Waals surface area contributed by atoms with Gasteiger partial charge in [0, 0.05) is 18.5 Å². The number of carbonyl (C=O) groups is 3. The molecule has 0 aliphatic carbocycles. The van der Waals surface area contributed by atoms with E-state index in [1.165, 1.54) is 17.5 Å². The molecule has 166 valence electrons. The number of rotatable bonds is 4. The molecule has 8 nitrogen and oxygen atoms in total. The van der Waals surface area contributed by atoms with E-state index in [9.17, 15) is 14.4 Å². The fraction of sp³-hybridized carbons (Fsp3) is 0.455. The molecule has 2 atom stereocenters. The number of nitrogens with two attached hydrogens (primary N) is 1. The smallest absolute Gasteiger partial charge is 0.313 e. The number of thiophene rings is 1. The van der Waals surface area contributed by atoms with Gasteiger partial charge in [-0.25, -0.2) is 4.98 Å². The lowest BCUT2D eigenvalue weighted by atomic mass is 9.82. The highest BCUT2D eigenvalue weighted by Crippen LogP contribution is 2.42. The van der Waals surface area contributed by atoms with Gasteiger partial charge in [0.2, 0.25) is 0 Å². The second kappa shape index (κ2) is 9.05. The number of carbonyl (C=O) groups excluding carboxylic acids is 3. The van der Waals surface area contributed by atoms with E-state index in [0.29, 0.717) is 35.8 Å². The summed E-state index contributed by atoms with van der Waals surface area (Å²) in [4.78, 5) is 45.3. The minimum atomic E-state index is -0.711. The molecule has 0 radical (unpaired) electrons. The molecule has 2 aromatic rings. The maximum absolute atomic E-state index is 13.2. The van der Waals surface area contributed by atoms with Crippen LogP contribution in [0.1, 0.15) is 53.7 Å². The number of anilines is 2. The van der Waals surface area contributed by atoms with E-state index >= 15 is 0 Å². The number of hydrogen-bond acceptors (Lipinski definition) is 6. The Kier molecular flexibility index (Phi) is 6.64. The van der Waals surface area contributed by atoms with Gasteiger partial charge in [0.25, 0.3) is 5.91 Å². The number of amides is 3. The average Bonchev–Trinajstić information content (AvgIpc) is 3.26. The number of nitrogens with zero attached hydrogens (tertiary/aromatic N) is 2. The number of nitrogens with one attached hydrogen (secondary N) is 2. The number of aromatic nitrogens is 1. The first-order chi connectivity index (χ1) is 14.7. The molecule has 9 heteroatoms. The van der Waals surface area contributed by atoms with E-state index in [2.05, 4.69) is 22.5 Å². The van der Waals surface area contributed by atoms with Crippen LogP contribution in [0.3, 0.4) is 0 Å². The minimum absolute atomic E-state index is 0.165. The van der Waals surface area contributed by atoms with Crippen molar-refractivity contribution in [2.75, 3.05) is 24.6 Å². The molecule has 0 spiro atoms. The Morgan fingerprint density at radius 3 is 2.77 bits per heavy atom. The minimum Gasteiger partial charge on any atom is -0.383 e. The zero-order chi connectivity index (χ0) is 22.8. The Hall–Kier alpha value is -2.94. The number of aryl methyl sites for hydroxylation is 1. The summed E-state index contributed by atoms with van der Waals surface area (Å²) in [5.74, 6) is -0.792. The van der Waals surface area contributed by atoms with Gasteiger partial charge in [0.15, 0.2) is 0 Å². The van der Waals surface area contributed by atoms with Gasteiger partial charge in [-0.3, -0.25) is 14.4 Å². The van der Waals surface area contributed by atoms with Crippen LogP contribution in [0.4, 0.5) is 11.5 Å². The summed E-state index contributed by atoms with van der Waals surface area (Å²) in [5, 5.41) is 5.29. The highest BCUT2D eigenvalue weighted by molar-refractivity contribution is 7.14. The summed E-state index contributed by atoms with van der Waals surface area (Å²) in [7, 11) is 1.59. The third kappa shape index (κ3) is 4.56. The molecule has 3 rings (SSSR count). The van der Waals surface area contributed by atoms with Gasteiger partial charge >= 0.3 is 11.8 Å². The standard InChI is InChI=1S/C22H29N5O3S/c1-5-14-10-15(11-25-18(14)23)26-20(29)21(30)27-12-13(2)8-9-22(27,3)17-7-6-16(31-17)19(28)24-4/h6-7,10-11,13H,5,8-9,12H2,1-4H3,(H2,23,25)(H,24,28)(H,26,29)/t13-,22-/m0/s1. The molecule has 0 aromatic carbocycles. The Balaban J connectivity index is 1.86. The van der Waals surface area contributed by atoms with Gasteiger partial charge in [-0.2, -0.15) is 0 Å².